The fraction of sp³-hybridized carbons (Fsp3) is 0.891. The topological polar surface area (TPSA) is 149 Å². The molecule has 1 saturated heterocycles. The molecular weight excluding hydrogens is 695 g/mol. The number of aliphatic hydroxyl groups excluding tert-OH is 5. The summed E-state index contributed by atoms with van der Waals surface area (Å²) in [6, 6.07) is -0.831. The average Bonchev–Trinajstić information content (AvgIpc) is 3.18. The SMILES string of the molecule is CCCCCCCCC/C=C/C=C/[C@@H](O)[C@H](CO[C@@H]1O[C@H](CO)[C@@H](O)C(O)C1O)NC(=O)CCCCCCCCCCCCCCCCCCCCCCC. The van der Waals surface area contributed by atoms with Gasteiger partial charge in [-0.2, -0.15) is 0 Å². The van der Waals surface area contributed by atoms with Gasteiger partial charge in [0.2, 0.25) is 5.91 Å². The quantitative estimate of drug-likeness (QED) is 0.0268. The van der Waals surface area contributed by atoms with Crippen LogP contribution in [-0.4, -0.2) is 87.5 Å². The molecular formula is C46H87NO8. The zero-order valence-corrected chi connectivity index (χ0v) is 35.4. The van der Waals surface area contributed by atoms with E-state index in [1.165, 1.54) is 154 Å². The average molecular weight is 782 g/mol. The van der Waals surface area contributed by atoms with Crippen molar-refractivity contribution < 1.29 is 39.8 Å². The molecule has 9 heteroatoms. The standard InChI is InChI=1S/C46H87NO8/c1-3-5-7-9-11-13-15-16-17-18-19-20-21-22-23-24-26-28-30-32-34-36-42(50)47-39(38-54-46-45(53)44(52)43(51)41(37-48)55-46)40(49)35-33-31-29-27-25-14-12-10-8-6-4-2/h29,31,33,35,39-41,43-46,48-49,51-53H,3-28,30,32,34,36-38H2,1-2H3,(H,47,50)/b31-29+,35-33+/t39-,40+,41+,43+,44?,45?,46+/m0/s1. The van der Waals surface area contributed by atoms with Gasteiger partial charge in [-0.3, -0.25) is 4.79 Å². The van der Waals surface area contributed by atoms with Gasteiger partial charge in [0.1, 0.15) is 24.4 Å². The molecule has 0 aliphatic carbocycles. The summed E-state index contributed by atoms with van der Waals surface area (Å²) in [7, 11) is 0. The van der Waals surface area contributed by atoms with E-state index < -0.39 is 49.5 Å². The lowest BCUT2D eigenvalue weighted by Crippen LogP contribution is -2.60. The zero-order valence-electron chi connectivity index (χ0n) is 35.4. The maximum absolute atomic E-state index is 12.9. The Labute approximate surface area is 337 Å². The third-order valence-electron chi connectivity index (χ3n) is 11.1. The zero-order chi connectivity index (χ0) is 40.2. The Bertz CT molecular complexity index is 914. The fourth-order valence-corrected chi connectivity index (χ4v) is 7.33. The molecule has 6 N–H and O–H groups in total. The molecule has 55 heavy (non-hydrogen) atoms. The van der Waals surface area contributed by atoms with Crippen molar-refractivity contribution in [3.63, 3.8) is 0 Å². The maximum Gasteiger partial charge on any atom is 0.220 e. The van der Waals surface area contributed by atoms with E-state index in [0.29, 0.717) is 6.42 Å². The van der Waals surface area contributed by atoms with Crippen molar-refractivity contribution in [3.05, 3.63) is 24.3 Å². The molecule has 2 unspecified atom stereocenters. The van der Waals surface area contributed by atoms with Gasteiger partial charge in [-0.05, 0) is 19.3 Å². The van der Waals surface area contributed by atoms with Crippen molar-refractivity contribution in [2.75, 3.05) is 13.2 Å². The van der Waals surface area contributed by atoms with Crippen LogP contribution < -0.4 is 5.32 Å². The summed E-state index contributed by atoms with van der Waals surface area (Å²) in [5.41, 5.74) is 0. The van der Waals surface area contributed by atoms with Crippen LogP contribution in [0.2, 0.25) is 0 Å². The van der Waals surface area contributed by atoms with Crippen molar-refractivity contribution >= 4 is 5.91 Å². The van der Waals surface area contributed by atoms with Crippen molar-refractivity contribution in [1.82, 2.24) is 5.32 Å². The number of amides is 1. The number of ether oxygens (including phenoxy) is 2. The summed E-state index contributed by atoms with van der Waals surface area (Å²) in [5, 5.41) is 54.0. The minimum atomic E-state index is -1.57. The number of allylic oxidation sites excluding steroid dienone is 3. The predicted octanol–water partition coefficient (Wildman–Crippen LogP) is 9.50. The van der Waals surface area contributed by atoms with Crippen LogP contribution in [-0.2, 0) is 14.3 Å². The summed E-state index contributed by atoms with van der Waals surface area (Å²) in [4.78, 5) is 12.9. The summed E-state index contributed by atoms with van der Waals surface area (Å²) in [6.07, 6.45) is 36.7. The van der Waals surface area contributed by atoms with Gasteiger partial charge in [0.15, 0.2) is 6.29 Å². The fourth-order valence-electron chi connectivity index (χ4n) is 7.33. The Kier molecular flexibility index (Phi) is 34.7. The summed E-state index contributed by atoms with van der Waals surface area (Å²) < 4.78 is 11.2. The molecule has 1 rings (SSSR count). The van der Waals surface area contributed by atoms with Crippen LogP contribution in [0.4, 0.5) is 0 Å². The number of carbonyl (C=O) groups excluding carboxylic acids is 1. The Morgan fingerprint density at radius 2 is 1.05 bits per heavy atom. The Morgan fingerprint density at radius 3 is 1.51 bits per heavy atom. The Morgan fingerprint density at radius 1 is 0.618 bits per heavy atom. The second kappa shape index (κ2) is 37.0. The smallest absolute Gasteiger partial charge is 0.220 e. The van der Waals surface area contributed by atoms with Gasteiger partial charge in [-0.15, -0.1) is 0 Å². The van der Waals surface area contributed by atoms with Crippen molar-refractivity contribution in [2.45, 2.75) is 249 Å². The lowest BCUT2D eigenvalue weighted by molar-refractivity contribution is -0.302. The first-order valence-corrected chi connectivity index (χ1v) is 23.1. The highest BCUT2D eigenvalue weighted by Crippen LogP contribution is 2.22. The van der Waals surface area contributed by atoms with E-state index >= 15 is 0 Å². The van der Waals surface area contributed by atoms with Crippen LogP contribution >= 0.6 is 0 Å². The minimum absolute atomic E-state index is 0.192. The third kappa shape index (κ3) is 27.9. The monoisotopic (exact) mass is 782 g/mol. The first-order valence-electron chi connectivity index (χ1n) is 23.1. The van der Waals surface area contributed by atoms with E-state index in [-0.39, 0.29) is 12.5 Å². The van der Waals surface area contributed by atoms with E-state index in [1.54, 1.807) is 12.2 Å². The molecule has 1 fully saturated rings. The Balaban J connectivity index is 2.30. The summed E-state index contributed by atoms with van der Waals surface area (Å²) in [5.74, 6) is -0.192. The number of hydrogen-bond acceptors (Lipinski definition) is 8. The van der Waals surface area contributed by atoms with E-state index in [0.717, 1.165) is 32.1 Å². The van der Waals surface area contributed by atoms with Crippen molar-refractivity contribution in [3.8, 4) is 0 Å². The van der Waals surface area contributed by atoms with Crippen LogP contribution in [0.15, 0.2) is 24.3 Å². The molecule has 0 aromatic heterocycles. The molecule has 9 nitrogen and oxygen atoms in total. The molecule has 0 aromatic carbocycles. The van der Waals surface area contributed by atoms with Crippen LogP contribution in [0.25, 0.3) is 0 Å². The minimum Gasteiger partial charge on any atom is -0.394 e. The highest BCUT2D eigenvalue weighted by Gasteiger charge is 2.44. The molecule has 7 atom stereocenters. The lowest BCUT2D eigenvalue weighted by atomic mass is 9.99. The molecule has 324 valence electrons. The van der Waals surface area contributed by atoms with Gasteiger partial charge >= 0.3 is 0 Å². The molecule has 0 saturated carbocycles. The number of hydrogen-bond donors (Lipinski definition) is 6. The second-order valence-electron chi connectivity index (χ2n) is 16.2. The maximum atomic E-state index is 12.9. The number of aliphatic hydroxyl groups is 5. The van der Waals surface area contributed by atoms with Gasteiger partial charge in [0, 0.05) is 6.42 Å². The largest absolute Gasteiger partial charge is 0.394 e. The van der Waals surface area contributed by atoms with Crippen LogP contribution in [0.3, 0.4) is 0 Å². The molecule has 1 amide bonds. The van der Waals surface area contributed by atoms with E-state index in [4.69, 9.17) is 9.47 Å². The van der Waals surface area contributed by atoms with Gasteiger partial charge in [-0.25, -0.2) is 0 Å². The van der Waals surface area contributed by atoms with Crippen molar-refractivity contribution in [2.24, 2.45) is 0 Å². The molecule has 1 heterocycles. The number of carbonyl (C=O) groups is 1. The second-order valence-corrected chi connectivity index (χ2v) is 16.2. The molecule has 0 radical (unpaired) electrons. The highest BCUT2D eigenvalue weighted by atomic mass is 16.7. The van der Waals surface area contributed by atoms with Crippen LogP contribution in [0.5, 0.6) is 0 Å². The van der Waals surface area contributed by atoms with E-state index in [9.17, 15) is 30.3 Å². The first-order chi connectivity index (χ1) is 26.8. The van der Waals surface area contributed by atoms with Gasteiger partial charge in [0.05, 0.1) is 25.4 Å². The molecule has 1 aliphatic heterocycles. The van der Waals surface area contributed by atoms with Gasteiger partial charge < -0.3 is 40.3 Å². The first kappa shape index (κ1) is 51.7. The number of unbranched alkanes of at least 4 members (excludes halogenated alkanes) is 27. The normalized spacial score (nSPS) is 21.5. The molecule has 1 aliphatic rings. The molecule has 0 bridgehead atoms. The predicted molar refractivity (Wildman–Crippen MR) is 226 cm³/mol. The van der Waals surface area contributed by atoms with Crippen LogP contribution in [0, 0.1) is 0 Å². The summed E-state index contributed by atoms with van der Waals surface area (Å²) >= 11 is 0. The lowest BCUT2D eigenvalue weighted by Gasteiger charge is -2.40. The van der Waals surface area contributed by atoms with Gasteiger partial charge in [0.25, 0.3) is 0 Å². The number of nitrogens with one attached hydrogen (secondary N) is 1. The Hall–Kier alpha value is -1.33. The highest BCUT2D eigenvalue weighted by molar-refractivity contribution is 5.76. The van der Waals surface area contributed by atoms with E-state index in [1.807, 2.05) is 6.08 Å². The van der Waals surface area contributed by atoms with Crippen molar-refractivity contribution in [1.29, 1.82) is 0 Å². The summed E-state index contributed by atoms with van der Waals surface area (Å²) in [6.45, 7) is 3.73. The molecule has 0 spiro atoms. The third-order valence-corrected chi connectivity index (χ3v) is 11.1. The number of rotatable bonds is 38. The van der Waals surface area contributed by atoms with E-state index in [2.05, 4.69) is 25.2 Å². The van der Waals surface area contributed by atoms with Gasteiger partial charge in [-0.1, -0.05) is 205 Å². The van der Waals surface area contributed by atoms with Crippen LogP contribution in [0.1, 0.15) is 206 Å². The molecule has 0 aromatic rings.